The van der Waals surface area contributed by atoms with E-state index in [1.165, 1.54) is 0 Å². The summed E-state index contributed by atoms with van der Waals surface area (Å²) in [6.07, 6.45) is 8.01. The first-order valence-electron chi connectivity index (χ1n) is 10.6. The Bertz CT molecular complexity index is 636. The van der Waals surface area contributed by atoms with Crippen LogP contribution in [0.3, 0.4) is 0 Å². The number of rotatable bonds is 3. The molecule has 4 aliphatic carbocycles. The van der Waals surface area contributed by atoms with E-state index in [0.717, 1.165) is 44.9 Å². The summed E-state index contributed by atoms with van der Waals surface area (Å²) in [4.78, 5) is 18.3. The van der Waals surface area contributed by atoms with Gasteiger partial charge in [-0.15, -0.1) is 0 Å². The van der Waals surface area contributed by atoms with Gasteiger partial charge in [0, 0.05) is 5.41 Å². The number of phosphoric acid groups is 1. The average molecular weight is 402 g/mol. The molecule has 4 rings (SSSR count). The molecule has 0 aliphatic heterocycles. The Balaban J connectivity index is 1.53. The molecular formula is C20H35O6P. The van der Waals surface area contributed by atoms with Gasteiger partial charge in [0.1, 0.15) is 0 Å². The number of aliphatic hydroxyl groups is 2. The number of hydrogen-bond acceptors (Lipinski definition) is 4. The molecule has 4 N–H and O–H groups in total. The Morgan fingerprint density at radius 1 is 1.00 bits per heavy atom. The first kappa shape index (κ1) is 20.3. The van der Waals surface area contributed by atoms with Gasteiger partial charge < -0.3 is 20.0 Å². The van der Waals surface area contributed by atoms with Crippen molar-refractivity contribution in [3.05, 3.63) is 0 Å². The zero-order valence-electron chi connectivity index (χ0n) is 16.5. The van der Waals surface area contributed by atoms with Gasteiger partial charge in [0.15, 0.2) is 0 Å². The molecule has 0 aromatic heterocycles. The fraction of sp³-hybridized carbons (Fsp3) is 1.00. The van der Waals surface area contributed by atoms with Gasteiger partial charge in [-0.25, -0.2) is 4.57 Å². The predicted octanol–water partition coefficient (Wildman–Crippen LogP) is 3.23. The molecule has 0 amide bonds. The first-order valence-corrected chi connectivity index (χ1v) is 12.1. The molecular weight excluding hydrogens is 367 g/mol. The highest BCUT2D eigenvalue weighted by atomic mass is 31.2. The van der Waals surface area contributed by atoms with Crippen LogP contribution in [-0.2, 0) is 9.09 Å². The standard InChI is InChI=1S/C20H35O6P/c1-18-8-5-14(26-27(23,24)25)11-13(18)3-4-15-16(18)6-9-19(2)17(15)7-10-20(19,22)12-21/h13-17,21-22H,3-12H2,1-2H3,(H2,23,24,25)/t13-,14+,15+,16-,17-,18-,19-,20-/m0/s1. The fourth-order valence-electron chi connectivity index (χ4n) is 7.88. The van der Waals surface area contributed by atoms with Crippen LogP contribution in [0.2, 0.25) is 0 Å². The van der Waals surface area contributed by atoms with Crippen molar-refractivity contribution in [2.75, 3.05) is 6.61 Å². The second-order valence-corrected chi connectivity index (χ2v) is 11.5. The van der Waals surface area contributed by atoms with Crippen molar-refractivity contribution < 1.29 is 29.1 Å². The van der Waals surface area contributed by atoms with Crippen LogP contribution in [0.4, 0.5) is 0 Å². The topological polar surface area (TPSA) is 107 Å². The van der Waals surface area contributed by atoms with Gasteiger partial charge in [0.05, 0.1) is 18.3 Å². The van der Waals surface area contributed by atoms with E-state index < -0.39 is 13.4 Å². The third-order valence-corrected chi connectivity index (χ3v) is 10.1. The maximum absolute atomic E-state index is 11.2. The van der Waals surface area contributed by atoms with Crippen LogP contribution in [0, 0.1) is 34.5 Å². The van der Waals surface area contributed by atoms with E-state index in [1.54, 1.807) is 0 Å². The van der Waals surface area contributed by atoms with E-state index in [4.69, 9.17) is 14.3 Å². The van der Waals surface area contributed by atoms with Crippen molar-refractivity contribution in [3.8, 4) is 0 Å². The van der Waals surface area contributed by atoms with E-state index in [2.05, 4.69) is 13.8 Å². The number of phosphoric ester groups is 1. The summed E-state index contributed by atoms with van der Waals surface area (Å²) in [5.74, 6) is 2.11. The third kappa shape index (κ3) is 3.06. The summed E-state index contributed by atoms with van der Waals surface area (Å²) >= 11 is 0. The first-order chi connectivity index (χ1) is 12.5. The molecule has 4 saturated carbocycles. The van der Waals surface area contributed by atoms with Crippen molar-refractivity contribution in [1.82, 2.24) is 0 Å². The molecule has 0 saturated heterocycles. The Morgan fingerprint density at radius 3 is 2.37 bits per heavy atom. The summed E-state index contributed by atoms with van der Waals surface area (Å²) in [5.41, 5.74) is -0.929. The van der Waals surface area contributed by atoms with E-state index >= 15 is 0 Å². The molecule has 156 valence electrons. The van der Waals surface area contributed by atoms with Crippen LogP contribution in [0.1, 0.15) is 71.6 Å². The fourth-order valence-corrected chi connectivity index (χ4v) is 8.46. The lowest BCUT2D eigenvalue weighted by Crippen LogP contribution is -2.57. The van der Waals surface area contributed by atoms with Gasteiger partial charge in [-0.3, -0.25) is 4.52 Å². The molecule has 0 bridgehead atoms. The lowest BCUT2D eigenvalue weighted by Gasteiger charge is -2.61. The summed E-state index contributed by atoms with van der Waals surface area (Å²) in [6, 6.07) is 0. The predicted molar refractivity (Wildman–Crippen MR) is 101 cm³/mol. The maximum atomic E-state index is 11.2. The summed E-state index contributed by atoms with van der Waals surface area (Å²) < 4.78 is 16.3. The normalized spacial score (nSPS) is 52.7. The highest BCUT2D eigenvalue weighted by Gasteiger charge is 2.64. The Kier molecular flexibility index (Phi) is 4.90. The highest BCUT2D eigenvalue weighted by molar-refractivity contribution is 7.46. The second-order valence-electron chi connectivity index (χ2n) is 10.3. The molecule has 0 spiro atoms. The van der Waals surface area contributed by atoms with Crippen molar-refractivity contribution in [2.24, 2.45) is 34.5 Å². The molecule has 7 heteroatoms. The third-order valence-electron chi connectivity index (χ3n) is 9.49. The monoisotopic (exact) mass is 402 g/mol. The lowest BCUT2D eigenvalue weighted by atomic mass is 9.44. The van der Waals surface area contributed by atoms with Gasteiger partial charge in [-0.2, -0.15) is 0 Å². The molecule has 27 heavy (non-hydrogen) atoms. The molecule has 4 fully saturated rings. The van der Waals surface area contributed by atoms with Crippen molar-refractivity contribution in [2.45, 2.75) is 83.3 Å². The smallest absolute Gasteiger partial charge is 0.393 e. The van der Waals surface area contributed by atoms with Crippen LogP contribution >= 0.6 is 7.82 Å². The summed E-state index contributed by atoms with van der Waals surface area (Å²) in [5, 5.41) is 20.9. The Labute approximate surface area is 161 Å². The van der Waals surface area contributed by atoms with Crippen molar-refractivity contribution >= 4 is 7.82 Å². The maximum Gasteiger partial charge on any atom is 0.469 e. The Morgan fingerprint density at radius 2 is 1.70 bits per heavy atom. The molecule has 0 unspecified atom stereocenters. The van der Waals surface area contributed by atoms with Crippen LogP contribution in [0.5, 0.6) is 0 Å². The van der Waals surface area contributed by atoms with Crippen LogP contribution < -0.4 is 0 Å². The van der Waals surface area contributed by atoms with Crippen molar-refractivity contribution in [3.63, 3.8) is 0 Å². The Hall–Kier alpha value is 0.0300. The number of hydrogen-bond donors (Lipinski definition) is 4. The molecule has 0 radical (unpaired) electrons. The van der Waals surface area contributed by atoms with Gasteiger partial charge >= 0.3 is 7.82 Å². The number of aliphatic hydroxyl groups excluding tert-OH is 1. The summed E-state index contributed by atoms with van der Waals surface area (Å²) in [7, 11) is -4.43. The second kappa shape index (κ2) is 6.52. The van der Waals surface area contributed by atoms with Crippen LogP contribution in [-0.4, -0.2) is 38.3 Å². The quantitative estimate of drug-likeness (QED) is 0.540. The van der Waals surface area contributed by atoms with E-state index in [9.17, 15) is 14.8 Å². The molecule has 6 nitrogen and oxygen atoms in total. The van der Waals surface area contributed by atoms with Crippen molar-refractivity contribution in [1.29, 1.82) is 0 Å². The molecule has 4 aliphatic rings. The minimum atomic E-state index is -4.43. The molecule has 0 heterocycles. The van der Waals surface area contributed by atoms with Crippen LogP contribution in [0.15, 0.2) is 0 Å². The van der Waals surface area contributed by atoms with Gasteiger partial charge in [0.2, 0.25) is 0 Å². The van der Waals surface area contributed by atoms with Gasteiger partial charge in [-0.1, -0.05) is 13.8 Å². The number of fused-ring (bicyclic) bond motifs is 5. The zero-order valence-corrected chi connectivity index (χ0v) is 17.4. The molecule has 0 aromatic rings. The van der Waals surface area contributed by atoms with E-state index in [-0.39, 0.29) is 23.5 Å². The van der Waals surface area contributed by atoms with E-state index in [0.29, 0.717) is 36.5 Å². The molecule has 8 atom stereocenters. The molecule has 0 aromatic carbocycles. The van der Waals surface area contributed by atoms with Crippen LogP contribution in [0.25, 0.3) is 0 Å². The van der Waals surface area contributed by atoms with Gasteiger partial charge in [0.25, 0.3) is 0 Å². The summed E-state index contributed by atoms with van der Waals surface area (Å²) in [6.45, 7) is 4.44. The van der Waals surface area contributed by atoms with Gasteiger partial charge in [-0.05, 0) is 86.9 Å². The average Bonchev–Trinajstić information content (AvgIpc) is 2.86. The minimum Gasteiger partial charge on any atom is -0.393 e. The zero-order chi connectivity index (χ0) is 19.7. The highest BCUT2D eigenvalue weighted by Crippen LogP contribution is 2.68. The van der Waals surface area contributed by atoms with E-state index in [1.807, 2.05) is 0 Å². The largest absolute Gasteiger partial charge is 0.469 e. The minimum absolute atomic E-state index is 0.140. The lowest BCUT2D eigenvalue weighted by molar-refractivity contribution is -0.168. The SMILES string of the molecule is C[C@]12CC[C@@H](OP(=O)(O)O)C[C@@H]1CC[C@@H]1[C@@H]2CC[C@@]2(C)[C@H]1CC[C@]2(O)CO.